The second-order valence-corrected chi connectivity index (χ2v) is 9.54. The maximum Gasteiger partial charge on any atom is 0.0619 e. The van der Waals surface area contributed by atoms with Gasteiger partial charge in [0.15, 0.2) is 0 Å². The van der Waals surface area contributed by atoms with Crippen LogP contribution in [0, 0.1) is 6.92 Å². The third kappa shape index (κ3) is 3.32. The number of aryl methyl sites for hydroxylation is 1. The Morgan fingerprint density at radius 1 is 0.472 bits per heavy atom. The first-order chi connectivity index (χ1) is 17.8. The summed E-state index contributed by atoms with van der Waals surface area (Å²) in [6.07, 6.45) is 0. The lowest BCUT2D eigenvalue weighted by atomic mass is 9.95. The van der Waals surface area contributed by atoms with Crippen molar-refractivity contribution in [2.24, 2.45) is 0 Å². The number of para-hydroxylation sites is 1. The van der Waals surface area contributed by atoms with Crippen LogP contribution < -0.4 is 0 Å². The molecule has 0 aliphatic carbocycles. The third-order valence-corrected chi connectivity index (χ3v) is 7.23. The van der Waals surface area contributed by atoms with Crippen molar-refractivity contribution in [1.82, 2.24) is 4.57 Å². The van der Waals surface area contributed by atoms with Gasteiger partial charge in [-0.3, -0.25) is 0 Å². The zero-order valence-corrected chi connectivity index (χ0v) is 20.1. The SMILES string of the molecule is Cc1ccc(-n2c(-c3ccc4ccccc4c3)c(-c3ccc4ccccc4c3)c3ccccc32)cc1. The summed E-state index contributed by atoms with van der Waals surface area (Å²) in [5, 5.41) is 6.28. The molecule has 1 heteroatoms. The van der Waals surface area contributed by atoms with Crippen LogP contribution in [0.2, 0.25) is 0 Å². The Morgan fingerprint density at radius 2 is 1.03 bits per heavy atom. The summed E-state index contributed by atoms with van der Waals surface area (Å²) in [5.41, 5.74) is 8.60. The fourth-order valence-electron chi connectivity index (χ4n) is 5.45. The minimum Gasteiger partial charge on any atom is -0.309 e. The number of rotatable bonds is 3. The molecular weight excluding hydrogens is 434 g/mol. The Kier molecular flexibility index (Phi) is 4.75. The minimum atomic E-state index is 1.17. The van der Waals surface area contributed by atoms with Crippen molar-refractivity contribution in [2.75, 3.05) is 0 Å². The van der Waals surface area contributed by atoms with Gasteiger partial charge in [0.1, 0.15) is 0 Å². The van der Waals surface area contributed by atoms with Gasteiger partial charge in [0.25, 0.3) is 0 Å². The Morgan fingerprint density at radius 3 is 1.72 bits per heavy atom. The predicted octanol–water partition coefficient (Wildman–Crippen LogP) is 9.58. The van der Waals surface area contributed by atoms with E-state index >= 15 is 0 Å². The van der Waals surface area contributed by atoms with Crippen molar-refractivity contribution < 1.29 is 0 Å². The molecule has 7 aromatic rings. The van der Waals surface area contributed by atoms with Gasteiger partial charge >= 0.3 is 0 Å². The van der Waals surface area contributed by atoms with E-state index in [9.17, 15) is 0 Å². The molecule has 0 aliphatic heterocycles. The van der Waals surface area contributed by atoms with Gasteiger partial charge in [-0.15, -0.1) is 0 Å². The van der Waals surface area contributed by atoms with E-state index in [2.05, 4.69) is 145 Å². The summed E-state index contributed by atoms with van der Waals surface area (Å²) in [6.45, 7) is 2.14. The van der Waals surface area contributed by atoms with E-state index in [0.717, 1.165) is 0 Å². The molecule has 0 saturated carbocycles. The van der Waals surface area contributed by atoms with Crippen LogP contribution in [0.1, 0.15) is 5.56 Å². The van der Waals surface area contributed by atoms with E-state index in [1.165, 1.54) is 66.1 Å². The van der Waals surface area contributed by atoms with Crippen molar-refractivity contribution in [3.8, 4) is 28.1 Å². The summed E-state index contributed by atoms with van der Waals surface area (Å²) < 4.78 is 2.43. The van der Waals surface area contributed by atoms with Crippen LogP contribution in [0.25, 0.3) is 60.5 Å². The molecule has 6 aromatic carbocycles. The van der Waals surface area contributed by atoms with Gasteiger partial charge in [0, 0.05) is 16.6 Å². The standard InChI is InChI=1S/C35H25N/c1-24-14-20-31(21-15-24)36-33-13-7-6-12-32(33)34(29-18-16-25-8-2-4-10-27(25)22-29)35(36)30-19-17-26-9-3-5-11-28(26)23-30/h2-23H,1H3. The smallest absolute Gasteiger partial charge is 0.0619 e. The molecule has 0 saturated heterocycles. The monoisotopic (exact) mass is 459 g/mol. The highest BCUT2D eigenvalue weighted by Crippen LogP contribution is 2.44. The first-order valence-electron chi connectivity index (χ1n) is 12.5. The highest BCUT2D eigenvalue weighted by molar-refractivity contribution is 6.07. The van der Waals surface area contributed by atoms with E-state index < -0.39 is 0 Å². The highest BCUT2D eigenvalue weighted by atomic mass is 15.0. The van der Waals surface area contributed by atoms with E-state index in [4.69, 9.17) is 0 Å². The Balaban J connectivity index is 1.62. The lowest BCUT2D eigenvalue weighted by Crippen LogP contribution is -1.98. The van der Waals surface area contributed by atoms with Gasteiger partial charge in [0.2, 0.25) is 0 Å². The largest absolute Gasteiger partial charge is 0.309 e. The zero-order valence-electron chi connectivity index (χ0n) is 20.1. The van der Waals surface area contributed by atoms with E-state index in [0.29, 0.717) is 0 Å². The quantitative estimate of drug-likeness (QED) is 0.248. The van der Waals surface area contributed by atoms with Gasteiger partial charge in [-0.2, -0.15) is 0 Å². The Bertz CT molecular complexity index is 1890. The number of aromatic nitrogens is 1. The zero-order chi connectivity index (χ0) is 24.1. The van der Waals surface area contributed by atoms with Gasteiger partial charge in [0.05, 0.1) is 11.2 Å². The van der Waals surface area contributed by atoms with Crippen LogP contribution in [-0.2, 0) is 0 Å². The van der Waals surface area contributed by atoms with Crippen LogP contribution in [0.3, 0.4) is 0 Å². The molecule has 1 nitrogen and oxygen atoms in total. The van der Waals surface area contributed by atoms with Gasteiger partial charge in [-0.1, -0.05) is 109 Å². The van der Waals surface area contributed by atoms with Crippen molar-refractivity contribution in [3.63, 3.8) is 0 Å². The molecule has 1 heterocycles. The molecule has 0 aliphatic rings. The second-order valence-electron chi connectivity index (χ2n) is 9.54. The Labute approximate surface area is 210 Å². The van der Waals surface area contributed by atoms with E-state index in [-0.39, 0.29) is 0 Å². The lowest BCUT2D eigenvalue weighted by Gasteiger charge is -2.15. The number of benzene rings is 6. The minimum absolute atomic E-state index is 1.17. The highest BCUT2D eigenvalue weighted by Gasteiger charge is 2.21. The molecule has 0 unspecified atom stereocenters. The predicted molar refractivity (Wildman–Crippen MR) is 154 cm³/mol. The number of nitrogens with zero attached hydrogens (tertiary/aromatic N) is 1. The molecular formula is C35H25N. The van der Waals surface area contributed by atoms with Crippen LogP contribution in [0.5, 0.6) is 0 Å². The lowest BCUT2D eigenvalue weighted by molar-refractivity contribution is 1.13. The summed E-state index contributed by atoms with van der Waals surface area (Å²) in [7, 11) is 0. The van der Waals surface area contributed by atoms with Gasteiger partial charge in [-0.05, 0) is 69.9 Å². The molecule has 1 aromatic heterocycles. The average molecular weight is 460 g/mol. The Hall–Kier alpha value is -4.62. The van der Waals surface area contributed by atoms with E-state index in [1.54, 1.807) is 0 Å². The molecule has 0 radical (unpaired) electrons. The van der Waals surface area contributed by atoms with Crippen LogP contribution in [0.15, 0.2) is 133 Å². The van der Waals surface area contributed by atoms with Crippen molar-refractivity contribution in [3.05, 3.63) is 139 Å². The molecule has 0 spiro atoms. The summed E-state index contributed by atoms with van der Waals surface area (Å²) in [4.78, 5) is 0. The summed E-state index contributed by atoms with van der Waals surface area (Å²) >= 11 is 0. The molecule has 0 bridgehead atoms. The van der Waals surface area contributed by atoms with Crippen molar-refractivity contribution in [2.45, 2.75) is 6.92 Å². The fourth-order valence-corrected chi connectivity index (χ4v) is 5.45. The summed E-state index contributed by atoms with van der Waals surface area (Å²) in [6, 6.07) is 48.5. The molecule has 0 fully saturated rings. The molecule has 7 rings (SSSR count). The molecule has 36 heavy (non-hydrogen) atoms. The maximum atomic E-state index is 2.43. The van der Waals surface area contributed by atoms with Crippen molar-refractivity contribution in [1.29, 1.82) is 0 Å². The topological polar surface area (TPSA) is 4.93 Å². The normalized spacial score (nSPS) is 11.5. The van der Waals surface area contributed by atoms with Gasteiger partial charge < -0.3 is 4.57 Å². The maximum absolute atomic E-state index is 2.43. The number of fused-ring (bicyclic) bond motifs is 3. The van der Waals surface area contributed by atoms with Crippen LogP contribution in [0.4, 0.5) is 0 Å². The second kappa shape index (κ2) is 8.25. The summed E-state index contributed by atoms with van der Waals surface area (Å²) in [5.74, 6) is 0. The molecule has 0 N–H and O–H groups in total. The number of hydrogen-bond acceptors (Lipinski definition) is 0. The first kappa shape index (κ1) is 20.7. The fraction of sp³-hybridized carbons (Fsp3) is 0.0286. The first-order valence-corrected chi connectivity index (χ1v) is 12.5. The van der Waals surface area contributed by atoms with E-state index in [1.807, 2.05) is 0 Å². The molecule has 0 amide bonds. The average Bonchev–Trinajstić information content (AvgIpc) is 3.28. The molecule has 170 valence electrons. The third-order valence-electron chi connectivity index (χ3n) is 7.23. The number of hydrogen-bond donors (Lipinski definition) is 0. The van der Waals surface area contributed by atoms with Crippen molar-refractivity contribution >= 4 is 32.4 Å². The van der Waals surface area contributed by atoms with Crippen LogP contribution >= 0.6 is 0 Å². The molecule has 0 atom stereocenters. The van der Waals surface area contributed by atoms with Gasteiger partial charge in [-0.25, -0.2) is 0 Å². The van der Waals surface area contributed by atoms with Crippen LogP contribution in [-0.4, -0.2) is 4.57 Å².